The Kier molecular flexibility index (Phi) is 3.63. The van der Waals surface area contributed by atoms with Crippen molar-refractivity contribution in [2.45, 2.75) is 12.4 Å². The van der Waals surface area contributed by atoms with Crippen LogP contribution in [0.5, 0.6) is 0 Å². The second-order valence-corrected chi connectivity index (χ2v) is 5.62. The summed E-state index contributed by atoms with van der Waals surface area (Å²) in [4.78, 5) is 12.5. The Labute approximate surface area is 87.6 Å². The number of hydrogen-bond acceptors (Lipinski definition) is 4. The van der Waals surface area contributed by atoms with Crippen LogP contribution in [0, 0.1) is 0 Å². The molecule has 0 bridgehead atoms. The Balaban J connectivity index is 2.59. The van der Waals surface area contributed by atoms with Crippen molar-refractivity contribution < 1.29 is 9.00 Å². The molecule has 0 aromatic carbocycles. The fourth-order valence-electron chi connectivity index (χ4n) is 0.842. The molecule has 1 amide bonds. The van der Waals surface area contributed by atoms with Crippen LogP contribution < -0.4 is 5.32 Å². The average molecular weight is 241 g/mol. The number of nitrogens with one attached hydrogen (secondary N) is 1. The van der Waals surface area contributed by atoms with Crippen molar-refractivity contribution in [3.63, 3.8) is 0 Å². The van der Waals surface area contributed by atoms with E-state index in [-0.39, 0.29) is 11.4 Å². The van der Waals surface area contributed by atoms with Gasteiger partial charge in [-0.05, 0) is 10.7 Å². The molecule has 0 spiro atoms. The number of thioether (sulfide) groups is 1. The Morgan fingerprint density at radius 1 is 1.85 bits per heavy atom. The Morgan fingerprint density at radius 2 is 2.46 bits per heavy atom. The predicted octanol–water partition coefficient (Wildman–Crippen LogP) is 0.786. The summed E-state index contributed by atoms with van der Waals surface area (Å²) < 4.78 is 11.4. The largest absolute Gasteiger partial charge is 0.350 e. The maximum absolute atomic E-state index is 10.9. The molecule has 7 heteroatoms. The lowest BCUT2D eigenvalue weighted by Gasteiger charge is -2.19. The van der Waals surface area contributed by atoms with Crippen LogP contribution >= 0.6 is 22.4 Å². The first-order chi connectivity index (χ1) is 6.00. The first-order valence-electron chi connectivity index (χ1n) is 3.46. The first kappa shape index (κ1) is 10.9. The lowest BCUT2D eigenvalue weighted by atomic mass is 10.7. The molecular weight excluding hydrogens is 232 g/mol. The summed E-state index contributed by atoms with van der Waals surface area (Å²) in [5.74, 6) is -0.126. The molecule has 2 unspecified atom stereocenters. The molecular formula is C6H9ClN2O2S2. The fraction of sp³-hybridized carbons (Fsp3) is 0.500. The van der Waals surface area contributed by atoms with Gasteiger partial charge in [0, 0.05) is 20.2 Å². The van der Waals surface area contributed by atoms with E-state index in [1.807, 2.05) is 0 Å². The minimum atomic E-state index is -1.49. The van der Waals surface area contributed by atoms with E-state index in [1.165, 1.54) is 18.7 Å². The van der Waals surface area contributed by atoms with E-state index in [9.17, 15) is 9.00 Å². The molecule has 1 rings (SSSR count). The summed E-state index contributed by atoms with van der Waals surface area (Å²) in [6.07, 6.45) is 1.66. The van der Waals surface area contributed by atoms with Gasteiger partial charge in [-0.3, -0.25) is 4.79 Å². The van der Waals surface area contributed by atoms with E-state index in [0.29, 0.717) is 4.24 Å². The molecule has 4 nitrogen and oxygen atoms in total. The number of amides is 1. The summed E-state index contributed by atoms with van der Waals surface area (Å²) >= 11 is 1.28. The molecule has 1 heterocycles. The molecule has 1 aliphatic rings. The maximum atomic E-state index is 10.9. The van der Waals surface area contributed by atoms with Gasteiger partial charge in [0.1, 0.15) is 4.24 Å². The number of nitrogens with zero attached hydrogens (tertiary/aromatic N) is 1. The first-order valence-corrected chi connectivity index (χ1v) is 6.32. The third-order valence-electron chi connectivity index (χ3n) is 1.39. The number of carbonyl (C=O) groups excluding carboxylic acids is 1. The topological polar surface area (TPSA) is 49.4 Å². The van der Waals surface area contributed by atoms with Gasteiger partial charge in [0.2, 0.25) is 5.91 Å². The van der Waals surface area contributed by atoms with Crippen LogP contribution in [0.4, 0.5) is 0 Å². The minimum absolute atomic E-state index is 0.126. The molecule has 2 atom stereocenters. The van der Waals surface area contributed by atoms with Crippen molar-refractivity contribution in [3.8, 4) is 0 Å². The van der Waals surface area contributed by atoms with E-state index in [0.717, 1.165) is 0 Å². The van der Waals surface area contributed by atoms with Gasteiger partial charge in [-0.1, -0.05) is 11.8 Å². The molecule has 0 radical (unpaired) electrons. The monoisotopic (exact) mass is 240 g/mol. The van der Waals surface area contributed by atoms with Gasteiger partial charge in [-0.2, -0.15) is 0 Å². The predicted molar refractivity (Wildman–Crippen MR) is 55.0 cm³/mol. The van der Waals surface area contributed by atoms with Gasteiger partial charge in [0.05, 0.1) is 0 Å². The van der Waals surface area contributed by atoms with Crippen LogP contribution in [-0.2, 0) is 14.8 Å². The lowest BCUT2D eigenvalue weighted by Crippen LogP contribution is -2.38. The van der Waals surface area contributed by atoms with Gasteiger partial charge in [0.25, 0.3) is 0 Å². The van der Waals surface area contributed by atoms with Gasteiger partial charge in [-0.25, -0.2) is 4.21 Å². The van der Waals surface area contributed by atoms with E-state index in [1.54, 1.807) is 18.1 Å². The molecule has 0 saturated heterocycles. The summed E-state index contributed by atoms with van der Waals surface area (Å²) in [7, 11) is 5.68. The molecule has 74 valence electrons. The molecule has 0 aromatic rings. The highest BCUT2D eigenvalue weighted by Gasteiger charge is 2.25. The van der Waals surface area contributed by atoms with Crippen LogP contribution in [0.25, 0.3) is 0 Å². The molecule has 0 aromatic heterocycles. The highest BCUT2D eigenvalue weighted by molar-refractivity contribution is 8.25. The van der Waals surface area contributed by atoms with Crippen LogP contribution in [0.2, 0.25) is 0 Å². The van der Waals surface area contributed by atoms with Crippen molar-refractivity contribution >= 4 is 38.4 Å². The quantitative estimate of drug-likeness (QED) is 0.725. The Bertz CT molecular complexity index is 282. The molecule has 1 aliphatic heterocycles. The highest BCUT2D eigenvalue weighted by atomic mass is 35.7. The summed E-state index contributed by atoms with van der Waals surface area (Å²) in [5, 5.41) is 2.68. The van der Waals surface area contributed by atoms with E-state index in [2.05, 4.69) is 5.32 Å². The van der Waals surface area contributed by atoms with E-state index in [4.69, 9.17) is 10.7 Å². The summed E-state index contributed by atoms with van der Waals surface area (Å²) in [6, 6.07) is 0. The lowest BCUT2D eigenvalue weighted by molar-refractivity contribution is -0.119. The number of halogens is 1. The Morgan fingerprint density at radius 3 is 2.85 bits per heavy atom. The standard InChI is InChI=1S/C6H9ClN2O2S2/c1-4(10)8-6-9(2)3-5(12-6)13(7)11/h3,6H,1-2H3,(H,8,10). The van der Waals surface area contributed by atoms with Gasteiger partial charge >= 0.3 is 0 Å². The van der Waals surface area contributed by atoms with Crippen molar-refractivity contribution in [3.05, 3.63) is 10.4 Å². The third kappa shape index (κ3) is 2.89. The van der Waals surface area contributed by atoms with Gasteiger partial charge in [-0.15, -0.1) is 0 Å². The second-order valence-electron chi connectivity index (χ2n) is 2.51. The zero-order valence-corrected chi connectivity index (χ0v) is 9.50. The van der Waals surface area contributed by atoms with Crippen molar-refractivity contribution in [2.75, 3.05) is 7.05 Å². The maximum Gasteiger partial charge on any atom is 0.219 e. The SMILES string of the molecule is CC(=O)NC1SC(S(=O)Cl)=CN1C. The van der Waals surface area contributed by atoms with Crippen LogP contribution in [0.3, 0.4) is 0 Å². The average Bonchev–Trinajstić information content (AvgIpc) is 2.31. The van der Waals surface area contributed by atoms with Crippen molar-refractivity contribution in [2.24, 2.45) is 0 Å². The highest BCUT2D eigenvalue weighted by Crippen LogP contribution is 2.33. The zero-order chi connectivity index (χ0) is 10.0. The molecule has 0 aliphatic carbocycles. The third-order valence-corrected chi connectivity index (χ3v) is 4.34. The Hall–Kier alpha value is -0.200. The van der Waals surface area contributed by atoms with Gasteiger partial charge in [0.15, 0.2) is 15.5 Å². The molecule has 0 fully saturated rings. The van der Waals surface area contributed by atoms with Crippen LogP contribution in [-0.4, -0.2) is 27.6 Å². The van der Waals surface area contributed by atoms with E-state index >= 15 is 0 Å². The fourth-order valence-corrected chi connectivity index (χ4v) is 3.01. The number of hydrogen-bond donors (Lipinski definition) is 1. The van der Waals surface area contributed by atoms with Gasteiger partial charge < -0.3 is 10.2 Å². The summed E-state index contributed by atoms with van der Waals surface area (Å²) in [5.41, 5.74) is -0.199. The number of carbonyl (C=O) groups is 1. The zero-order valence-electron chi connectivity index (χ0n) is 7.11. The van der Waals surface area contributed by atoms with Crippen LogP contribution in [0.15, 0.2) is 10.4 Å². The normalized spacial score (nSPS) is 24.1. The van der Waals surface area contributed by atoms with Crippen molar-refractivity contribution in [1.82, 2.24) is 10.2 Å². The van der Waals surface area contributed by atoms with Crippen LogP contribution in [0.1, 0.15) is 6.92 Å². The molecule has 0 saturated carbocycles. The molecule has 1 N–H and O–H groups in total. The smallest absolute Gasteiger partial charge is 0.219 e. The van der Waals surface area contributed by atoms with E-state index < -0.39 is 10.0 Å². The summed E-state index contributed by atoms with van der Waals surface area (Å²) in [6.45, 7) is 1.43. The minimum Gasteiger partial charge on any atom is -0.350 e. The molecule has 13 heavy (non-hydrogen) atoms. The second kappa shape index (κ2) is 4.34. The number of rotatable bonds is 2. The van der Waals surface area contributed by atoms with Crippen molar-refractivity contribution in [1.29, 1.82) is 0 Å².